The number of anilines is 1. The topological polar surface area (TPSA) is 96.9 Å². The van der Waals surface area contributed by atoms with Crippen LogP contribution in [0.3, 0.4) is 0 Å². The van der Waals surface area contributed by atoms with Gasteiger partial charge in [0.1, 0.15) is 17.8 Å². The lowest BCUT2D eigenvalue weighted by Gasteiger charge is -2.08. The highest BCUT2D eigenvalue weighted by Gasteiger charge is 2.12. The van der Waals surface area contributed by atoms with Crippen LogP contribution in [0.15, 0.2) is 53.5 Å². The quantitative estimate of drug-likeness (QED) is 0.296. The SMILES string of the molecule is CC(C)Cc1cccc2[nH]c(Cn3cccc(NC(=O)CCC/C=C/C=O)c3=O)nc12. The minimum absolute atomic E-state index is 0.226. The molecule has 1 amide bonds. The van der Waals surface area contributed by atoms with Gasteiger partial charge in [0.2, 0.25) is 5.91 Å². The number of unbranched alkanes of at least 4 members (excludes halogenated alkanes) is 1. The number of para-hydroxylation sites is 1. The molecule has 0 aliphatic rings. The Morgan fingerprint density at radius 1 is 1.26 bits per heavy atom. The van der Waals surface area contributed by atoms with Gasteiger partial charge >= 0.3 is 0 Å². The largest absolute Gasteiger partial charge is 0.340 e. The molecule has 1 aromatic carbocycles. The van der Waals surface area contributed by atoms with Crippen LogP contribution in [0.1, 0.15) is 44.5 Å². The van der Waals surface area contributed by atoms with Gasteiger partial charge in [-0.25, -0.2) is 4.98 Å². The summed E-state index contributed by atoms with van der Waals surface area (Å²) in [6, 6.07) is 9.42. The van der Waals surface area contributed by atoms with Crippen LogP contribution in [0.25, 0.3) is 11.0 Å². The Morgan fingerprint density at radius 2 is 2.10 bits per heavy atom. The molecule has 0 radical (unpaired) electrons. The Kier molecular flexibility index (Phi) is 7.54. The number of carbonyl (C=O) groups excluding carboxylic acids is 2. The molecule has 0 aliphatic carbocycles. The van der Waals surface area contributed by atoms with Gasteiger partial charge in [-0.15, -0.1) is 0 Å². The number of carbonyl (C=O) groups is 2. The van der Waals surface area contributed by atoms with Crippen molar-refractivity contribution in [3.8, 4) is 0 Å². The van der Waals surface area contributed by atoms with Gasteiger partial charge in [-0.2, -0.15) is 0 Å². The van der Waals surface area contributed by atoms with Crippen LogP contribution >= 0.6 is 0 Å². The third-order valence-corrected chi connectivity index (χ3v) is 4.88. The Morgan fingerprint density at radius 3 is 2.87 bits per heavy atom. The maximum absolute atomic E-state index is 12.8. The van der Waals surface area contributed by atoms with E-state index in [0.717, 1.165) is 17.5 Å². The number of H-pyrrole nitrogens is 1. The second-order valence-corrected chi connectivity index (χ2v) is 7.95. The molecule has 0 atom stereocenters. The number of amides is 1. The third-order valence-electron chi connectivity index (χ3n) is 4.88. The van der Waals surface area contributed by atoms with E-state index in [1.807, 2.05) is 12.1 Å². The van der Waals surface area contributed by atoms with Crippen molar-refractivity contribution < 1.29 is 9.59 Å². The van der Waals surface area contributed by atoms with E-state index in [2.05, 4.69) is 30.2 Å². The Balaban J connectivity index is 1.72. The number of hydrogen-bond donors (Lipinski definition) is 2. The molecule has 7 heteroatoms. The smallest absolute Gasteiger partial charge is 0.274 e. The number of imidazole rings is 1. The molecule has 162 valence electrons. The van der Waals surface area contributed by atoms with Gasteiger partial charge in [0.25, 0.3) is 5.56 Å². The lowest BCUT2D eigenvalue weighted by atomic mass is 10.0. The summed E-state index contributed by atoms with van der Waals surface area (Å²) in [6.45, 7) is 4.64. The van der Waals surface area contributed by atoms with Crippen LogP contribution in [0, 0.1) is 5.92 Å². The van der Waals surface area contributed by atoms with E-state index >= 15 is 0 Å². The van der Waals surface area contributed by atoms with E-state index in [0.29, 0.717) is 30.9 Å². The van der Waals surface area contributed by atoms with Crippen molar-refractivity contribution in [2.45, 2.75) is 46.1 Å². The number of pyridine rings is 1. The number of nitrogens with zero attached hydrogens (tertiary/aromatic N) is 2. The summed E-state index contributed by atoms with van der Waals surface area (Å²) in [5.41, 5.74) is 3.04. The van der Waals surface area contributed by atoms with Crippen LogP contribution in [0.5, 0.6) is 0 Å². The van der Waals surface area contributed by atoms with Crippen molar-refractivity contribution in [3.05, 3.63) is 70.4 Å². The highest BCUT2D eigenvalue weighted by Crippen LogP contribution is 2.20. The fourth-order valence-electron chi connectivity index (χ4n) is 3.48. The summed E-state index contributed by atoms with van der Waals surface area (Å²) in [6.07, 6.45) is 7.98. The Hall–Kier alpha value is -3.48. The summed E-state index contributed by atoms with van der Waals surface area (Å²) in [4.78, 5) is 43.2. The van der Waals surface area contributed by atoms with Gasteiger partial charge in [0, 0.05) is 12.6 Å². The van der Waals surface area contributed by atoms with E-state index in [9.17, 15) is 14.4 Å². The summed E-state index contributed by atoms with van der Waals surface area (Å²) >= 11 is 0. The predicted octanol–water partition coefficient (Wildman–Crippen LogP) is 3.84. The zero-order valence-electron chi connectivity index (χ0n) is 17.9. The summed E-state index contributed by atoms with van der Waals surface area (Å²) in [5, 5.41) is 2.69. The Bertz CT molecular complexity index is 1140. The van der Waals surface area contributed by atoms with Gasteiger partial charge in [0.15, 0.2) is 0 Å². The van der Waals surface area contributed by atoms with E-state index < -0.39 is 0 Å². The highest BCUT2D eigenvalue weighted by molar-refractivity contribution is 5.90. The third kappa shape index (κ3) is 6.01. The monoisotopic (exact) mass is 420 g/mol. The van der Waals surface area contributed by atoms with Crippen molar-refractivity contribution in [1.82, 2.24) is 14.5 Å². The van der Waals surface area contributed by atoms with Crippen LogP contribution in [-0.4, -0.2) is 26.7 Å². The van der Waals surface area contributed by atoms with Gasteiger partial charge in [-0.3, -0.25) is 14.4 Å². The minimum Gasteiger partial charge on any atom is -0.340 e. The number of aromatic nitrogens is 3. The number of rotatable bonds is 10. The lowest BCUT2D eigenvalue weighted by Crippen LogP contribution is -2.26. The zero-order chi connectivity index (χ0) is 22.2. The normalized spacial score (nSPS) is 11.5. The molecule has 2 heterocycles. The molecule has 3 aromatic rings. The number of aldehydes is 1. The molecule has 3 rings (SSSR count). The first-order valence-corrected chi connectivity index (χ1v) is 10.5. The molecule has 2 N–H and O–H groups in total. The van der Waals surface area contributed by atoms with E-state index in [1.165, 1.54) is 16.2 Å². The molecule has 0 spiro atoms. The predicted molar refractivity (Wildman–Crippen MR) is 122 cm³/mol. The number of allylic oxidation sites excluding steroid dienone is 2. The molecule has 0 fully saturated rings. The first-order chi connectivity index (χ1) is 15.0. The minimum atomic E-state index is -0.278. The number of benzene rings is 1. The van der Waals surface area contributed by atoms with Crippen molar-refractivity contribution in [1.29, 1.82) is 0 Å². The molecule has 0 saturated carbocycles. The van der Waals surface area contributed by atoms with Gasteiger partial charge in [0.05, 0.1) is 17.6 Å². The van der Waals surface area contributed by atoms with Crippen LogP contribution in [0.4, 0.5) is 5.69 Å². The molecule has 7 nitrogen and oxygen atoms in total. The molecule has 2 aromatic heterocycles. The molecular weight excluding hydrogens is 392 g/mol. The second-order valence-electron chi connectivity index (χ2n) is 7.95. The Labute approximate surface area is 181 Å². The van der Waals surface area contributed by atoms with Crippen LogP contribution in [0.2, 0.25) is 0 Å². The zero-order valence-corrected chi connectivity index (χ0v) is 17.9. The first kappa shape index (κ1) is 22.2. The summed E-state index contributed by atoms with van der Waals surface area (Å²) < 4.78 is 1.53. The summed E-state index contributed by atoms with van der Waals surface area (Å²) in [7, 11) is 0. The van der Waals surface area contributed by atoms with Crippen molar-refractivity contribution in [3.63, 3.8) is 0 Å². The number of hydrogen-bond acceptors (Lipinski definition) is 4. The van der Waals surface area contributed by atoms with E-state index in [1.54, 1.807) is 24.4 Å². The van der Waals surface area contributed by atoms with Gasteiger partial charge in [-0.05, 0) is 55.0 Å². The molecule has 0 saturated heterocycles. The average Bonchev–Trinajstić information content (AvgIpc) is 3.14. The lowest BCUT2D eigenvalue weighted by molar-refractivity contribution is -0.116. The highest BCUT2D eigenvalue weighted by atomic mass is 16.2. The van der Waals surface area contributed by atoms with Crippen LogP contribution < -0.4 is 10.9 Å². The van der Waals surface area contributed by atoms with Crippen molar-refractivity contribution in [2.24, 2.45) is 5.92 Å². The maximum Gasteiger partial charge on any atom is 0.274 e. The maximum atomic E-state index is 12.8. The number of aromatic amines is 1. The van der Waals surface area contributed by atoms with Crippen molar-refractivity contribution >= 4 is 28.9 Å². The molecule has 0 bridgehead atoms. The number of nitrogens with one attached hydrogen (secondary N) is 2. The van der Waals surface area contributed by atoms with Crippen molar-refractivity contribution in [2.75, 3.05) is 5.32 Å². The van der Waals surface area contributed by atoms with Gasteiger partial charge in [-0.1, -0.05) is 32.1 Å². The molecular formula is C24H28N4O3. The average molecular weight is 421 g/mol. The fraction of sp³-hybridized carbons (Fsp3) is 0.333. The molecule has 31 heavy (non-hydrogen) atoms. The standard InChI is InChI=1S/C24H28N4O3/c1-17(2)15-18-9-7-10-19-23(18)27-21(25-19)16-28-13-8-11-20(24(28)31)26-22(30)12-5-3-4-6-14-29/h4,6-11,13-14,17H,3,5,12,15-16H2,1-2H3,(H,25,27)(H,26,30)/b6-4+. The summed E-state index contributed by atoms with van der Waals surface area (Å²) in [5.74, 6) is 0.991. The van der Waals surface area contributed by atoms with E-state index in [-0.39, 0.29) is 30.1 Å². The first-order valence-electron chi connectivity index (χ1n) is 10.5. The molecule has 0 unspecified atom stereocenters. The van der Waals surface area contributed by atoms with E-state index in [4.69, 9.17) is 4.98 Å². The second kappa shape index (κ2) is 10.5. The van der Waals surface area contributed by atoms with Gasteiger partial charge < -0.3 is 14.9 Å². The fourth-order valence-corrected chi connectivity index (χ4v) is 3.48. The number of fused-ring (bicyclic) bond motifs is 1. The molecule has 0 aliphatic heterocycles. The van der Waals surface area contributed by atoms with Crippen LogP contribution in [-0.2, 0) is 22.6 Å².